The monoisotopic (exact) mass is 329 g/mol. The number of ether oxygens (including phenoxy) is 1. The van der Waals surface area contributed by atoms with Gasteiger partial charge in [-0.15, -0.1) is 11.3 Å². The Morgan fingerprint density at radius 2 is 2.23 bits per heavy atom. The van der Waals surface area contributed by atoms with E-state index in [-0.39, 0.29) is 18.5 Å². The van der Waals surface area contributed by atoms with Crippen LogP contribution in [0.3, 0.4) is 0 Å². The van der Waals surface area contributed by atoms with Crippen LogP contribution in [0.1, 0.15) is 22.3 Å². The van der Waals surface area contributed by atoms with E-state index < -0.39 is 22.7 Å². The summed E-state index contributed by atoms with van der Waals surface area (Å²) < 4.78 is 44.2. The third-order valence-electron chi connectivity index (χ3n) is 3.07. The molecule has 0 bridgehead atoms. The van der Waals surface area contributed by atoms with Crippen LogP contribution in [0, 0.1) is 0 Å². The van der Waals surface area contributed by atoms with Gasteiger partial charge in [-0.05, 0) is 19.1 Å². The molecule has 3 heterocycles. The molecule has 1 atom stereocenters. The Balaban J connectivity index is 2.02. The summed E-state index contributed by atoms with van der Waals surface area (Å²) in [6, 6.07) is 3.18. The molecule has 0 spiro atoms. The van der Waals surface area contributed by atoms with E-state index in [1.807, 2.05) is 0 Å². The van der Waals surface area contributed by atoms with Crippen LogP contribution < -0.4 is 9.64 Å². The number of carbonyl (C=O) groups excluding carboxylic acids is 1. The smallest absolute Gasteiger partial charge is 0.434 e. The lowest BCUT2D eigenvalue weighted by Gasteiger charge is -2.32. The second kappa shape index (κ2) is 5.24. The Labute approximate surface area is 127 Å². The van der Waals surface area contributed by atoms with E-state index in [1.165, 1.54) is 11.1 Å². The first-order valence-corrected chi connectivity index (χ1v) is 7.20. The lowest BCUT2D eigenvalue weighted by Crippen LogP contribution is -2.42. The van der Waals surface area contributed by atoms with Crippen molar-refractivity contribution in [3.63, 3.8) is 0 Å². The van der Waals surface area contributed by atoms with Crippen molar-refractivity contribution >= 4 is 22.9 Å². The summed E-state index contributed by atoms with van der Waals surface area (Å²) >= 11 is 0.671. The molecule has 0 aliphatic carbocycles. The van der Waals surface area contributed by atoms with Gasteiger partial charge < -0.3 is 4.74 Å². The van der Waals surface area contributed by atoms with Crippen LogP contribution in [0.2, 0.25) is 0 Å². The molecule has 9 heteroatoms. The maximum atomic E-state index is 12.9. The minimum atomic E-state index is -4.67. The normalized spacial score (nSPS) is 17.8. The zero-order valence-corrected chi connectivity index (χ0v) is 12.1. The standard InChI is InChI=1S/C13H10F3N3O2S/c1-7-5-19(8-3-2-4-17-11(8)21-7)12(20)9-10(13(14,15)16)18-6-22-9/h2-4,6-7H,5H2,1H3. The van der Waals surface area contributed by atoms with E-state index in [9.17, 15) is 18.0 Å². The van der Waals surface area contributed by atoms with Crippen molar-refractivity contribution < 1.29 is 22.7 Å². The van der Waals surface area contributed by atoms with Crippen molar-refractivity contribution in [2.24, 2.45) is 0 Å². The van der Waals surface area contributed by atoms with Crippen LogP contribution in [-0.4, -0.2) is 28.5 Å². The molecule has 116 valence electrons. The zero-order valence-electron chi connectivity index (χ0n) is 11.3. The Bertz CT molecular complexity index is 717. The maximum absolute atomic E-state index is 12.9. The number of nitrogens with zero attached hydrogens (tertiary/aromatic N) is 3. The molecule has 2 aromatic rings. The van der Waals surface area contributed by atoms with Crippen LogP contribution >= 0.6 is 11.3 Å². The summed E-state index contributed by atoms with van der Waals surface area (Å²) in [4.78, 5) is 20.6. The van der Waals surface area contributed by atoms with Crippen LogP contribution in [0.15, 0.2) is 23.8 Å². The van der Waals surface area contributed by atoms with Gasteiger partial charge in [-0.25, -0.2) is 9.97 Å². The van der Waals surface area contributed by atoms with Gasteiger partial charge in [0.1, 0.15) is 16.7 Å². The summed E-state index contributed by atoms with van der Waals surface area (Å²) in [7, 11) is 0. The molecule has 1 unspecified atom stereocenters. The quantitative estimate of drug-likeness (QED) is 0.807. The molecule has 22 heavy (non-hydrogen) atoms. The summed E-state index contributed by atoms with van der Waals surface area (Å²) in [5, 5.41) is 0. The van der Waals surface area contributed by atoms with Crippen molar-refractivity contribution in [3.8, 4) is 5.88 Å². The van der Waals surface area contributed by atoms with Crippen LogP contribution in [0.25, 0.3) is 0 Å². The molecule has 3 rings (SSSR count). The predicted molar refractivity (Wildman–Crippen MR) is 73.1 cm³/mol. The topological polar surface area (TPSA) is 55.3 Å². The third kappa shape index (κ3) is 2.52. The molecule has 0 radical (unpaired) electrons. The van der Waals surface area contributed by atoms with Gasteiger partial charge in [-0.1, -0.05) is 0 Å². The van der Waals surface area contributed by atoms with E-state index in [1.54, 1.807) is 19.1 Å². The maximum Gasteiger partial charge on any atom is 0.434 e. The number of carbonyl (C=O) groups is 1. The number of pyridine rings is 1. The number of halogens is 3. The average Bonchev–Trinajstić information content (AvgIpc) is 2.95. The average molecular weight is 329 g/mol. The molecular formula is C13H10F3N3O2S. The molecule has 2 aromatic heterocycles. The first-order chi connectivity index (χ1) is 10.4. The molecule has 0 N–H and O–H groups in total. The Morgan fingerprint density at radius 3 is 2.95 bits per heavy atom. The fraction of sp³-hybridized carbons (Fsp3) is 0.308. The van der Waals surface area contributed by atoms with Gasteiger partial charge in [0.15, 0.2) is 5.69 Å². The highest BCUT2D eigenvalue weighted by Crippen LogP contribution is 2.36. The Hall–Kier alpha value is -2.16. The molecule has 0 aromatic carbocycles. The van der Waals surface area contributed by atoms with Crippen molar-refractivity contribution in [2.75, 3.05) is 11.4 Å². The third-order valence-corrected chi connectivity index (χ3v) is 3.88. The minimum absolute atomic E-state index is 0.146. The number of aromatic nitrogens is 2. The number of amides is 1. The highest BCUT2D eigenvalue weighted by molar-refractivity contribution is 7.12. The first-order valence-electron chi connectivity index (χ1n) is 6.32. The van der Waals surface area contributed by atoms with Crippen LogP contribution in [-0.2, 0) is 6.18 Å². The fourth-order valence-corrected chi connectivity index (χ4v) is 2.93. The first kappa shape index (κ1) is 14.8. The Morgan fingerprint density at radius 1 is 1.45 bits per heavy atom. The zero-order chi connectivity index (χ0) is 15.9. The van der Waals surface area contributed by atoms with Gasteiger partial charge in [0.25, 0.3) is 5.91 Å². The number of anilines is 1. The number of hydrogen-bond acceptors (Lipinski definition) is 5. The van der Waals surface area contributed by atoms with E-state index in [0.29, 0.717) is 17.0 Å². The predicted octanol–water partition coefficient (Wildman–Crippen LogP) is 2.98. The number of alkyl halides is 3. The summed E-state index contributed by atoms with van der Waals surface area (Å²) in [5.74, 6) is -0.521. The number of hydrogen-bond donors (Lipinski definition) is 0. The lowest BCUT2D eigenvalue weighted by molar-refractivity contribution is -0.141. The van der Waals surface area contributed by atoms with Gasteiger partial charge in [0.05, 0.1) is 12.1 Å². The number of rotatable bonds is 1. The molecule has 1 amide bonds. The van der Waals surface area contributed by atoms with Crippen molar-refractivity contribution in [3.05, 3.63) is 34.4 Å². The number of thiazole rings is 1. The highest BCUT2D eigenvalue weighted by atomic mass is 32.1. The molecule has 0 saturated carbocycles. The van der Waals surface area contributed by atoms with E-state index in [2.05, 4.69) is 9.97 Å². The Kier molecular flexibility index (Phi) is 3.51. The largest absolute Gasteiger partial charge is 0.471 e. The van der Waals surface area contributed by atoms with Crippen LogP contribution in [0.4, 0.5) is 18.9 Å². The van der Waals surface area contributed by atoms with Crippen LogP contribution in [0.5, 0.6) is 5.88 Å². The summed E-state index contributed by atoms with van der Waals surface area (Å²) in [5.41, 5.74) is 0.212. The van der Waals surface area contributed by atoms with E-state index in [0.717, 1.165) is 5.51 Å². The number of fused-ring (bicyclic) bond motifs is 1. The van der Waals surface area contributed by atoms with Gasteiger partial charge in [0.2, 0.25) is 5.88 Å². The van der Waals surface area contributed by atoms with Crippen molar-refractivity contribution in [1.29, 1.82) is 0 Å². The SMILES string of the molecule is CC1CN(C(=O)c2scnc2C(F)(F)F)c2cccnc2O1. The molecule has 5 nitrogen and oxygen atoms in total. The van der Waals surface area contributed by atoms with Gasteiger partial charge in [-0.3, -0.25) is 9.69 Å². The summed E-state index contributed by atoms with van der Waals surface area (Å²) in [6.45, 7) is 1.86. The highest BCUT2D eigenvalue weighted by Gasteiger charge is 2.40. The van der Waals surface area contributed by atoms with Gasteiger partial charge in [0, 0.05) is 6.20 Å². The van der Waals surface area contributed by atoms with E-state index in [4.69, 9.17) is 4.74 Å². The molecule has 1 aliphatic heterocycles. The second-order valence-corrected chi connectivity index (χ2v) is 5.55. The van der Waals surface area contributed by atoms with Crippen molar-refractivity contribution in [1.82, 2.24) is 9.97 Å². The second-order valence-electron chi connectivity index (χ2n) is 4.70. The van der Waals surface area contributed by atoms with Gasteiger partial charge in [-0.2, -0.15) is 13.2 Å². The lowest BCUT2D eigenvalue weighted by atomic mass is 10.2. The van der Waals surface area contributed by atoms with Crippen molar-refractivity contribution in [2.45, 2.75) is 19.2 Å². The minimum Gasteiger partial charge on any atom is -0.471 e. The molecule has 0 fully saturated rings. The fourth-order valence-electron chi connectivity index (χ4n) is 2.18. The summed E-state index contributed by atoms with van der Waals surface area (Å²) in [6.07, 6.45) is -3.54. The molecule has 1 aliphatic rings. The van der Waals surface area contributed by atoms with E-state index >= 15 is 0 Å². The molecular weight excluding hydrogens is 319 g/mol. The molecule has 0 saturated heterocycles. The van der Waals surface area contributed by atoms with Gasteiger partial charge >= 0.3 is 6.18 Å².